The predicted octanol–water partition coefficient (Wildman–Crippen LogP) is 4.44. The summed E-state index contributed by atoms with van der Waals surface area (Å²) in [4.78, 5) is 28.4. The van der Waals surface area contributed by atoms with E-state index in [9.17, 15) is 18.0 Å². The number of nitrogens with one attached hydrogen (secondary N) is 1. The standard InChI is InChI=1S/C26H36ClN3O4S/c1-8-22(25(32)28-26(4,5)6)29(16-20-13-9-10-14-21(20)27)24(31)17-30(35(7,33)34)23-15-11-12-18(2)19(23)3/h9-15,22H,8,16-17H2,1-7H3,(H,28,32)/t22-/m1/s1. The van der Waals surface area contributed by atoms with Gasteiger partial charge in [-0.2, -0.15) is 0 Å². The van der Waals surface area contributed by atoms with E-state index in [4.69, 9.17) is 11.6 Å². The molecule has 0 aliphatic heterocycles. The highest BCUT2D eigenvalue weighted by atomic mass is 35.5. The van der Waals surface area contributed by atoms with E-state index in [2.05, 4.69) is 5.32 Å². The molecule has 192 valence electrons. The van der Waals surface area contributed by atoms with E-state index in [-0.39, 0.29) is 12.5 Å². The first-order valence-electron chi connectivity index (χ1n) is 11.5. The maximum Gasteiger partial charge on any atom is 0.244 e. The van der Waals surface area contributed by atoms with Crippen molar-refractivity contribution in [2.45, 2.75) is 66.1 Å². The van der Waals surface area contributed by atoms with Crippen LogP contribution in [0, 0.1) is 13.8 Å². The average Bonchev–Trinajstić information content (AvgIpc) is 2.73. The van der Waals surface area contributed by atoms with Crippen molar-refractivity contribution in [1.82, 2.24) is 10.2 Å². The van der Waals surface area contributed by atoms with Gasteiger partial charge >= 0.3 is 0 Å². The molecule has 0 saturated carbocycles. The lowest BCUT2D eigenvalue weighted by Crippen LogP contribution is -2.55. The van der Waals surface area contributed by atoms with E-state index < -0.39 is 34.1 Å². The summed E-state index contributed by atoms with van der Waals surface area (Å²) in [6.07, 6.45) is 1.42. The van der Waals surface area contributed by atoms with Gasteiger partial charge in [0.25, 0.3) is 0 Å². The van der Waals surface area contributed by atoms with Crippen molar-refractivity contribution in [2.24, 2.45) is 0 Å². The summed E-state index contributed by atoms with van der Waals surface area (Å²) in [5.41, 5.74) is 2.28. The summed E-state index contributed by atoms with van der Waals surface area (Å²) >= 11 is 6.37. The highest BCUT2D eigenvalue weighted by molar-refractivity contribution is 7.92. The summed E-state index contributed by atoms with van der Waals surface area (Å²) in [6.45, 7) is 10.7. The number of nitrogens with zero attached hydrogens (tertiary/aromatic N) is 2. The Balaban J connectivity index is 2.52. The maximum absolute atomic E-state index is 13.8. The minimum atomic E-state index is -3.79. The molecule has 0 unspecified atom stereocenters. The second kappa shape index (κ2) is 11.4. The molecule has 2 aromatic rings. The van der Waals surface area contributed by atoms with Crippen LogP contribution < -0.4 is 9.62 Å². The lowest BCUT2D eigenvalue weighted by molar-refractivity contribution is -0.141. The van der Waals surface area contributed by atoms with Gasteiger partial charge in [-0.1, -0.05) is 48.9 Å². The van der Waals surface area contributed by atoms with Gasteiger partial charge in [0.15, 0.2) is 0 Å². The Bertz CT molecular complexity index is 1180. The minimum absolute atomic E-state index is 0.0684. The number of rotatable bonds is 9. The molecular formula is C26H36ClN3O4S. The largest absolute Gasteiger partial charge is 0.350 e. The number of carbonyl (C=O) groups is 2. The van der Waals surface area contributed by atoms with Crippen molar-refractivity contribution in [3.8, 4) is 0 Å². The zero-order valence-electron chi connectivity index (χ0n) is 21.6. The zero-order valence-corrected chi connectivity index (χ0v) is 23.1. The SMILES string of the molecule is CC[C@H](C(=O)NC(C)(C)C)N(Cc1ccccc1Cl)C(=O)CN(c1cccc(C)c1C)S(C)(=O)=O. The molecule has 0 bridgehead atoms. The van der Waals surface area contributed by atoms with Crippen LogP contribution in [0.5, 0.6) is 0 Å². The number of sulfonamides is 1. The van der Waals surface area contributed by atoms with E-state index in [1.54, 1.807) is 36.4 Å². The molecule has 0 aliphatic rings. The molecule has 7 nitrogen and oxygen atoms in total. The quantitative estimate of drug-likeness (QED) is 0.528. The molecule has 9 heteroatoms. The van der Waals surface area contributed by atoms with Gasteiger partial charge in [0.05, 0.1) is 11.9 Å². The Morgan fingerprint density at radius 1 is 1.06 bits per heavy atom. The molecule has 2 aromatic carbocycles. The minimum Gasteiger partial charge on any atom is -0.350 e. The number of benzene rings is 2. The van der Waals surface area contributed by atoms with Crippen molar-refractivity contribution in [3.05, 3.63) is 64.2 Å². The van der Waals surface area contributed by atoms with Crippen LogP contribution in [0.15, 0.2) is 42.5 Å². The van der Waals surface area contributed by atoms with E-state index in [0.717, 1.165) is 21.7 Å². The molecule has 2 rings (SSSR count). The first-order chi connectivity index (χ1) is 16.2. The molecule has 0 aliphatic carbocycles. The first kappa shape index (κ1) is 28.7. The fourth-order valence-electron chi connectivity index (χ4n) is 3.78. The van der Waals surface area contributed by atoms with Gasteiger partial charge in [-0.3, -0.25) is 13.9 Å². The predicted molar refractivity (Wildman–Crippen MR) is 142 cm³/mol. The second-order valence-electron chi connectivity index (χ2n) is 9.77. The number of halogens is 1. The van der Waals surface area contributed by atoms with Crippen LogP contribution in [0.25, 0.3) is 0 Å². The van der Waals surface area contributed by atoms with Crippen LogP contribution >= 0.6 is 11.6 Å². The molecule has 0 saturated heterocycles. The molecule has 1 atom stereocenters. The van der Waals surface area contributed by atoms with Gasteiger partial charge in [0.2, 0.25) is 21.8 Å². The average molecular weight is 522 g/mol. The summed E-state index contributed by atoms with van der Waals surface area (Å²) in [5, 5.41) is 3.40. The van der Waals surface area contributed by atoms with E-state index in [1.165, 1.54) is 4.90 Å². The van der Waals surface area contributed by atoms with Gasteiger partial charge in [-0.15, -0.1) is 0 Å². The van der Waals surface area contributed by atoms with Gasteiger partial charge in [0, 0.05) is 17.1 Å². The van der Waals surface area contributed by atoms with Gasteiger partial charge in [-0.25, -0.2) is 8.42 Å². The fourth-order valence-corrected chi connectivity index (χ4v) is 4.88. The van der Waals surface area contributed by atoms with Crippen LogP contribution in [0.3, 0.4) is 0 Å². The smallest absolute Gasteiger partial charge is 0.244 e. The van der Waals surface area contributed by atoms with Crippen molar-refractivity contribution >= 4 is 39.1 Å². The van der Waals surface area contributed by atoms with Crippen LogP contribution in [-0.2, 0) is 26.2 Å². The van der Waals surface area contributed by atoms with Crippen LogP contribution in [0.1, 0.15) is 50.8 Å². The van der Waals surface area contributed by atoms with Crippen LogP contribution in [0.2, 0.25) is 5.02 Å². The Labute approximate surface area is 214 Å². The second-order valence-corrected chi connectivity index (χ2v) is 12.1. The number of amides is 2. The van der Waals surface area contributed by atoms with Crippen molar-refractivity contribution < 1.29 is 18.0 Å². The monoisotopic (exact) mass is 521 g/mol. The summed E-state index contributed by atoms with van der Waals surface area (Å²) in [5.74, 6) is -0.801. The number of hydrogen-bond donors (Lipinski definition) is 1. The molecule has 0 spiro atoms. The molecular weight excluding hydrogens is 486 g/mol. The topological polar surface area (TPSA) is 86.8 Å². The molecule has 0 heterocycles. The van der Waals surface area contributed by atoms with E-state index in [0.29, 0.717) is 22.7 Å². The van der Waals surface area contributed by atoms with Crippen LogP contribution in [-0.4, -0.2) is 49.5 Å². The van der Waals surface area contributed by atoms with Crippen molar-refractivity contribution in [3.63, 3.8) is 0 Å². The third kappa shape index (κ3) is 7.70. The maximum atomic E-state index is 13.8. The van der Waals surface area contributed by atoms with E-state index >= 15 is 0 Å². The molecule has 0 radical (unpaired) electrons. The Hall–Kier alpha value is -2.58. The molecule has 0 fully saturated rings. The summed E-state index contributed by atoms with van der Waals surface area (Å²) in [6, 6.07) is 11.6. The third-order valence-electron chi connectivity index (χ3n) is 5.71. The zero-order chi connectivity index (χ0) is 26.6. The normalized spacial score (nSPS) is 12.7. The first-order valence-corrected chi connectivity index (χ1v) is 13.8. The highest BCUT2D eigenvalue weighted by Crippen LogP contribution is 2.26. The summed E-state index contributed by atoms with van der Waals surface area (Å²) < 4.78 is 26.7. The number of aryl methyl sites for hydroxylation is 1. The van der Waals surface area contributed by atoms with Crippen molar-refractivity contribution in [2.75, 3.05) is 17.1 Å². The lowest BCUT2D eigenvalue weighted by atomic mass is 10.1. The number of carbonyl (C=O) groups excluding carboxylic acids is 2. The Kier molecular flexibility index (Phi) is 9.36. The molecule has 2 amide bonds. The van der Waals surface area contributed by atoms with Gasteiger partial charge in [0.1, 0.15) is 12.6 Å². The molecule has 0 aromatic heterocycles. The van der Waals surface area contributed by atoms with Crippen LogP contribution in [0.4, 0.5) is 5.69 Å². The lowest BCUT2D eigenvalue weighted by Gasteiger charge is -2.35. The van der Waals surface area contributed by atoms with Gasteiger partial charge in [-0.05, 0) is 69.9 Å². The molecule has 35 heavy (non-hydrogen) atoms. The Morgan fingerprint density at radius 3 is 2.23 bits per heavy atom. The van der Waals surface area contributed by atoms with E-state index in [1.807, 2.05) is 47.6 Å². The molecule has 1 N–H and O–H groups in total. The number of hydrogen-bond acceptors (Lipinski definition) is 4. The fraction of sp³-hybridized carbons (Fsp3) is 0.462. The highest BCUT2D eigenvalue weighted by Gasteiger charge is 2.33. The summed E-state index contributed by atoms with van der Waals surface area (Å²) in [7, 11) is -3.79. The van der Waals surface area contributed by atoms with Crippen molar-refractivity contribution in [1.29, 1.82) is 0 Å². The third-order valence-corrected chi connectivity index (χ3v) is 7.20. The Morgan fingerprint density at radius 2 is 1.69 bits per heavy atom. The number of anilines is 1. The van der Waals surface area contributed by atoms with Gasteiger partial charge < -0.3 is 10.2 Å².